The Hall–Kier alpha value is -3.15. The van der Waals surface area contributed by atoms with Crippen LogP contribution in [-0.2, 0) is 16.1 Å². The zero-order valence-electron chi connectivity index (χ0n) is 16.0. The van der Waals surface area contributed by atoms with Crippen molar-refractivity contribution >= 4 is 5.97 Å². The Morgan fingerprint density at radius 3 is 2.54 bits per heavy atom. The Morgan fingerprint density at radius 2 is 1.86 bits per heavy atom. The van der Waals surface area contributed by atoms with Crippen molar-refractivity contribution in [2.75, 3.05) is 6.61 Å². The Morgan fingerprint density at radius 1 is 1.11 bits per heavy atom. The van der Waals surface area contributed by atoms with Gasteiger partial charge < -0.3 is 9.47 Å². The molecule has 28 heavy (non-hydrogen) atoms. The lowest BCUT2D eigenvalue weighted by Crippen LogP contribution is -2.08. The van der Waals surface area contributed by atoms with Gasteiger partial charge in [0.1, 0.15) is 6.61 Å². The van der Waals surface area contributed by atoms with Gasteiger partial charge in [-0.2, -0.15) is 5.10 Å². The van der Waals surface area contributed by atoms with E-state index >= 15 is 0 Å². The largest absolute Gasteiger partial charge is 0.491 e. The predicted octanol–water partition coefficient (Wildman–Crippen LogP) is 4.53. The molecule has 0 saturated carbocycles. The van der Waals surface area contributed by atoms with Crippen LogP contribution in [0.4, 0.5) is 4.39 Å². The fraction of sp³-hybridized carbons (Fsp3) is 0.273. The molecule has 5 nitrogen and oxygen atoms in total. The minimum atomic E-state index is -0.408. The molecule has 1 heterocycles. The van der Waals surface area contributed by atoms with Gasteiger partial charge in [0, 0.05) is 12.1 Å². The van der Waals surface area contributed by atoms with Crippen molar-refractivity contribution in [2.24, 2.45) is 0 Å². The first-order chi connectivity index (χ1) is 13.5. The van der Waals surface area contributed by atoms with E-state index < -0.39 is 5.82 Å². The van der Waals surface area contributed by atoms with Crippen LogP contribution in [0, 0.1) is 19.7 Å². The second kappa shape index (κ2) is 9.17. The maximum absolute atomic E-state index is 13.4. The lowest BCUT2D eigenvalue weighted by molar-refractivity contribution is -0.145. The smallest absolute Gasteiger partial charge is 0.306 e. The van der Waals surface area contributed by atoms with Crippen molar-refractivity contribution in [1.29, 1.82) is 0 Å². The third-order valence-electron chi connectivity index (χ3n) is 4.21. The average Bonchev–Trinajstić information content (AvgIpc) is 3.03. The highest BCUT2D eigenvalue weighted by Gasteiger charge is 2.07. The highest BCUT2D eigenvalue weighted by atomic mass is 19.1. The Bertz CT molecular complexity index is 935. The van der Waals surface area contributed by atoms with E-state index in [0.29, 0.717) is 6.42 Å². The molecule has 0 amide bonds. The van der Waals surface area contributed by atoms with Gasteiger partial charge in [0.05, 0.1) is 18.0 Å². The molecule has 0 spiro atoms. The predicted molar refractivity (Wildman–Crippen MR) is 104 cm³/mol. The van der Waals surface area contributed by atoms with Gasteiger partial charge in [-0.3, -0.25) is 4.79 Å². The van der Waals surface area contributed by atoms with Gasteiger partial charge in [-0.1, -0.05) is 24.3 Å². The molecule has 0 aliphatic heterocycles. The first-order valence-corrected chi connectivity index (χ1v) is 9.18. The minimum absolute atomic E-state index is 0.193. The molecule has 0 bridgehead atoms. The third-order valence-corrected chi connectivity index (χ3v) is 4.21. The number of carbonyl (C=O) groups is 1. The standard InChI is InChI=1S/C22H23FN2O3/c1-16-14-17(2)25(24-16)19-11-9-18(10-12-19)15-28-22(26)8-5-13-27-21-7-4-3-6-20(21)23/h3-4,6-7,9-12,14H,5,8,13,15H2,1-2H3. The van der Waals surface area contributed by atoms with Crippen LogP contribution in [0.1, 0.15) is 29.8 Å². The molecule has 0 saturated heterocycles. The molecule has 3 rings (SSSR count). The summed E-state index contributed by atoms with van der Waals surface area (Å²) in [6, 6.07) is 15.9. The number of ether oxygens (including phenoxy) is 2. The van der Waals surface area contributed by atoms with E-state index in [1.54, 1.807) is 18.2 Å². The number of aryl methyl sites for hydroxylation is 2. The molecular formula is C22H23FN2O3. The number of hydrogen-bond acceptors (Lipinski definition) is 4. The normalized spacial score (nSPS) is 10.7. The second-order valence-corrected chi connectivity index (χ2v) is 6.55. The van der Waals surface area contributed by atoms with E-state index in [2.05, 4.69) is 5.10 Å². The summed E-state index contributed by atoms with van der Waals surface area (Å²) in [5, 5.41) is 4.45. The molecule has 146 valence electrons. The van der Waals surface area contributed by atoms with E-state index in [4.69, 9.17) is 9.47 Å². The highest BCUT2D eigenvalue weighted by molar-refractivity contribution is 5.69. The van der Waals surface area contributed by atoms with Crippen LogP contribution in [0.3, 0.4) is 0 Å². The van der Waals surface area contributed by atoms with Gasteiger partial charge >= 0.3 is 5.97 Å². The van der Waals surface area contributed by atoms with Crippen LogP contribution in [0.5, 0.6) is 5.75 Å². The number of carbonyl (C=O) groups excluding carboxylic acids is 1. The molecule has 1 aromatic heterocycles. The van der Waals surface area contributed by atoms with Crippen LogP contribution in [0.2, 0.25) is 0 Å². The fourth-order valence-corrected chi connectivity index (χ4v) is 2.82. The molecule has 6 heteroatoms. The fourth-order valence-electron chi connectivity index (χ4n) is 2.82. The number of halogens is 1. The van der Waals surface area contributed by atoms with Crippen molar-refractivity contribution in [2.45, 2.75) is 33.3 Å². The highest BCUT2D eigenvalue weighted by Crippen LogP contribution is 2.16. The summed E-state index contributed by atoms with van der Waals surface area (Å²) in [5.41, 5.74) is 3.90. The van der Waals surface area contributed by atoms with E-state index in [9.17, 15) is 9.18 Å². The maximum atomic E-state index is 13.4. The number of hydrogen-bond donors (Lipinski definition) is 0. The first-order valence-electron chi connectivity index (χ1n) is 9.18. The molecule has 0 unspecified atom stereocenters. The van der Waals surface area contributed by atoms with Crippen molar-refractivity contribution in [3.63, 3.8) is 0 Å². The third kappa shape index (κ3) is 5.19. The van der Waals surface area contributed by atoms with Gasteiger partial charge in [0.25, 0.3) is 0 Å². The van der Waals surface area contributed by atoms with Crippen LogP contribution < -0.4 is 4.74 Å². The summed E-state index contributed by atoms with van der Waals surface area (Å²) < 4.78 is 25.9. The summed E-state index contributed by atoms with van der Waals surface area (Å²) >= 11 is 0. The summed E-state index contributed by atoms with van der Waals surface area (Å²) in [6.45, 7) is 4.43. The van der Waals surface area contributed by atoms with Crippen LogP contribution in [0.15, 0.2) is 54.6 Å². The number of benzene rings is 2. The number of aromatic nitrogens is 2. The van der Waals surface area contributed by atoms with Gasteiger partial charge in [-0.15, -0.1) is 0 Å². The molecule has 0 N–H and O–H groups in total. The summed E-state index contributed by atoms with van der Waals surface area (Å²) in [7, 11) is 0. The summed E-state index contributed by atoms with van der Waals surface area (Å²) in [6.07, 6.45) is 0.683. The van der Waals surface area contributed by atoms with Gasteiger partial charge in [-0.05, 0) is 56.2 Å². The Balaban J connectivity index is 1.41. The van der Waals surface area contributed by atoms with Crippen molar-refractivity contribution in [1.82, 2.24) is 9.78 Å². The lowest BCUT2D eigenvalue weighted by Gasteiger charge is -2.08. The van der Waals surface area contributed by atoms with Gasteiger partial charge in [0.15, 0.2) is 11.6 Å². The Labute approximate surface area is 163 Å². The minimum Gasteiger partial charge on any atom is -0.491 e. The average molecular weight is 382 g/mol. The number of para-hydroxylation sites is 1. The molecule has 0 atom stereocenters. The SMILES string of the molecule is Cc1cc(C)n(-c2ccc(COC(=O)CCCOc3ccccc3F)cc2)n1. The molecule has 0 aliphatic rings. The maximum Gasteiger partial charge on any atom is 0.306 e. The van der Waals surface area contributed by atoms with E-state index in [1.165, 1.54) is 6.07 Å². The van der Waals surface area contributed by atoms with E-state index in [1.807, 2.05) is 48.9 Å². The molecule has 3 aromatic rings. The molecular weight excluding hydrogens is 359 g/mol. The number of esters is 1. The molecule has 0 aliphatic carbocycles. The zero-order valence-corrected chi connectivity index (χ0v) is 16.0. The number of nitrogens with zero attached hydrogens (tertiary/aromatic N) is 2. The lowest BCUT2D eigenvalue weighted by atomic mass is 10.2. The second-order valence-electron chi connectivity index (χ2n) is 6.55. The van der Waals surface area contributed by atoms with E-state index in [-0.39, 0.29) is 31.4 Å². The van der Waals surface area contributed by atoms with Crippen LogP contribution in [0.25, 0.3) is 5.69 Å². The topological polar surface area (TPSA) is 53.4 Å². The van der Waals surface area contributed by atoms with Crippen LogP contribution in [-0.4, -0.2) is 22.4 Å². The quantitative estimate of drug-likeness (QED) is 0.424. The van der Waals surface area contributed by atoms with Crippen molar-refractivity contribution in [3.05, 3.63) is 77.4 Å². The molecule has 0 radical (unpaired) electrons. The van der Waals surface area contributed by atoms with E-state index in [0.717, 1.165) is 22.6 Å². The summed E-state index contributed by atoms with van der Waals surface area (Å²) in [5.74, 6) is -0.521. The zero-order chi connectivity index (χ0) is 19.9. The van der Waals surface area contributed by atoms with Crippen LogP contribution >= 0.6 is 0 Å². The van der Waals surface area contributed by atoms with Gasteiger partial charge in [-0.25, -0.2) is 9.07 Å². The monoisotopic (exact) mass is 382 g/mol. The molecule has 2 aromatic carbocycles. The van der Waals surface area contributed by atoms with Gasteiger partial charge in [0.2, 0.25) is 0 Å². The van der Waals surface area contributed by atoms with Crippen molar-refractivity contribution in [3.8, 4) is 11.4 Å². The summed E-state index contributed by atoms with van der Waals surface area (Å²) in [4.78, 5) is 11.9. The Kier molecular flexibility index (Phi) is 6.42. The number of rotatable bonds is 8. The molecule has 0 fully saturated rings. The van der Waals surface area contributed by atoms with Crippen molar-refractivity contribution < 1.29 is 18.7 Å². The first kappa shape index (κ1) is 19.6.